The molecule has 0 bridgehead atoms. The molecule has 1 unspecified atom stereocenters. The normalized spacial score (nSPS) is 19.8. The highest BCUT2D eigenvalue weighted by atomic mass is 32.2. The fraction of sp³-hybridized carbons (Fsp3) is 0.333. The maximum atomic E-state index is 13.2. The Morgan fingerprint density at radius 2 is 2.08 bits per heavy atom. The lowest BCUT2D eigenvalue weighted by Gasteiger charge is -2.34. The predicted octanol–water partition coefficient (Wildman–Crippen LogP) is 2.09. The van der Waals surface area contributed by atoms with Gasteiger partial charge in [0.2, 0.25) is 0 Å². The average Bonchev–Trinajstić information content (AvgIpc) is 3.18. The summed E-state index contributed by atoms with van der Waals surface area (Å²) in [7, 11) is -1.46. The summed E-state index contributed by atoms with van der Waals surface area (Å²) in [5.41, 5.74) is 2.12. The van der Waals surface area contributed by atoms with Gasteiger partial charge in [-0.05, 0) is 13.0 Å². The van der Waals surface area contributed by atoms with Gasteiger partial charge in [0.15, 0.2) is 15.6 Å². The van der Waals surface area contributed by atoms with E-state index in [1.165, 1.54) is 0 Å². The molecule has 3 heterocycles. The lowest BCUT2D eigenvalue weighted by atomic mass is 10.1. The summed E-state index contributed by atoms with van der Waals surface area (Å²) in [6.07, 6.45) is 3.36. The van der Waals surface area contributed by atoms with Gasteiger partial charge in [0, 0.05) is 36.3 Å². The molecular weight excluding hydrogens is 354 g/mol. The number of benzene rings is 1. The van der Waals surface area contributed by atoms with Crippen molar-refractivity contribution >= 4 is 26.7 Å². The Balaban J connectivity index is 1.76. The lowest BCUT2D eigenvalue weighted by molar-refractivity contribution is 0.0666. The van der Waals surface area contributed by atoms with E-state index in [2.05, 4.69) is 5.10 Å². The Kier molecular flexibility index (Phi) is 3.87. The molecule has 1 amide bonds. The van der Waals surface area contributed by atoms with E-state index in [0.29, 0.717) is 11.1 Å². The van der Waals surface area contributed by atoms with Crippen LogP contribution in [0.4, 0.5) is 0 Å². The van der Waals surface area contributed by atoms with Crippen LogP contribution in [0.15, 0.2) is 41.1 Å². The number of amides is 1. The topological polar surface area (TPSA) is 85.4 Å². The number of aromatic nitrogens is 2. The maximum Gasteiger partial charge on any atom is 0.290 e. The van der Waals surface area contributed by atoms with Crippen molar-refractivity contribution in [2.24, 2.45) is 7.05 Å². The summed E-state index contributed by atoms with van der Waals surface area (Å²) in [6, 6.07) is 6.90. The van der Waals surface area contributed by atoms with Gasteiger partial charge in [-0.15, -0.1) is 0 Å². The van der Waals surface area contributed by atoms with E-state index in [4.69, 9.17) is 4.42 Å². The number of sulfone groups is 1. The highest BCUT2D eigenvalue weighted by molar-refractivity contribution is 7.91. The second-order valence-electron chi connectivity index (χ2n) is 6.63. The number of carbonyl (C=O) groups excluding carboxylic acids is 1. The summed E-state index contributed by atoms with van der Waals surface area (Å²) in [4.78, 5) is 14.8. The van der Waals surface area contributed by atoms with Crippen molar-refractivity contribution in [2.45, 2.75) is 13.0 Å². The Morgan fingerprint density at radius 3 is 2.77 bits per heavy atom. The monoisotopic (exact) mass is 373 g/mol. The highest BCUT2D eigenvalue weighted by Crippen LogP contribution is 2.31. The minimum atomic E-state index is -3.22. The number of rotatable bonds is 2. The number of aryl methyl sites for hydroxylation is 2. The molecule has 0 saturated carbocycles. The van der Waals surface area contributed by atoms with Crippen molar-refractivity contribution in [1.29, 1.82) is 0 Å². The van der Waals surface area contributed by atoms with Crippen molar-refractivity contribution in [3.63, 3.8) is 0 Å². The second kappa shape index (κ2) is 5.98. The summed E-state index contributed by atoms with van der Waals surface area (Å²) < 4.78 is 31.7. The van der Waals surface area contributed by atoms with E-state index in [1.54, 1.807) is 29.0 Å². The smallest absolute Gasteiger partial charge is 0.290 e. The third-order valence-corrected chi connectivity index (χ3v) is 6.47. The molecule has 4 rings (SSSR count). The van der Waals surface area contributed by atoms with E-state index in [-0.39, 0.29) is 29.7 Å². The summed E-state index contributed by atoms with van der Waals surface area (Å²) in [5.74, 6) is -0.180. The first-order chi connectivity index (χ1) is 12.4. The Bertz CT molecular complexity index is 1100. The molecule has 1 aromatic carbocycles. The van der Waals surface area contributed by atoms with Gasteiger partial charge in [-0.25, -0.2) is 8.42 Å². The van der Waals surface area contributed by atoms with Crippen molar-refractivity contribution in [3.8, 4) is 0 Å². The van der Waals surface area contributed by atoms with Gasteiger partial charge in [-0.1, -0.05) is 18.2 Å². The molecule has 3 aromatic rings. The van der Waals surface area contributed by atoms with Crippen LogP contribution in [0, 0.1) is 6.92 Å². The Hall–Kier alpha value is -2.61. The molecule has 0 aliphatic carbocycles. The van der Waals surface area contributed by atoms with E-state index in [9.17, 15) is 13.2 Å². The van der Waals surface area contributed by atoms with Crippen molar-refractivity contribution in [3.05, 3.63) is 53.5 Å². The minimum absolute atomic E-state index is 0.0468. The van der Waals surface area contributed by atoms with E-state index in [0.717, 1.165) is 10.9 Å². The quantitative estimate of drug-likeness (QED) is 0.687. The highest BCUT2D eigenvalue weighted by Gasteiger charge is 2.37. The molecule has 0 radical (unpaired) electrons. The van der Waals surface area contributed by atoms with Crippen molar-refractivity contribution in [2.75, 3.05) is 18.1 Å². The van der Waals surface area contributed by atoms with E-state index >= 15 is 0 Å². The molecule has 7 nitrogen and oxygen atoms in total. The number of carbonyl (C=O) groups is 1. The van der Waals surface area contributed by atoms with Gasteiger partial charge >= 0.3 is 0 Å². The number of para-hydroxylation sites is 1. The van der Waals surface area contributed by atoms with E-state index < -0.39 is 15.9 Å². The number of furan rings is 1. The zero-order chi connectivity index (χ0) is 18.5. The number of hydrogen-bond acceptors (Lipinski definition) is 5. The minimum Gasteiger partial charge on any atom is -0.451 e. The van der Waals surface area contributed by atoms with Gasteiger partial charge in [0.05, 0.1) is 23.7 Å². The Labute approximate surface area is 151 Å². The third kappa shape index (κ3) is 2.80. The Morgan fingerprint density at radius 1 is 1.31 bits per heavy atom. The lowest BCUT2D eigenvalue weighted by Crippen LogP contribution is -2.46. The maximum absolute atomic E-state index is 13.2. The summed E-state index contributed by atoms with van der Waals surface area (Å²) in [5, 5.41) is 5.01. The molecule has 1 aliphatic rings. The van der Waals surface area contributed by atoms with Crippen LogP contribution in [0.2, 0.25) is 0 Å². The molecular formula is C18H19N3O4S. The molecule has 1 fully saturated rings. The van der Waals surface area contributed by atoms with Crippen molar-refractivity contribution in [1.82, 2.24) is 14.7 Å². The van der Waals surface area contributed by atoms with Gasteiger partial charge in [0.25, 0.3) is 5.91 Å². The summed E-state index contributed by atoms with van der Waals surface area (Å²) in [6.45, 7) is 1.98. The average molecular weight is 373 g/mol. The number of hydrogen-bond donors (Lipinski definition) is 0. The molecule has 1 saturated heterocycles. The fourth-order valence-corrected chi connectivity index (χ4v) is 4.94. The zero-order valence-electron chi connectivity index (χ0n) is 14.5. The predicted molar refractivity (Wildman–Crippen MR) is 96.6 cm³/mol. The van der Waals surface area contributed by atoms with Crippen LogP contribution >= 0.6 is 0 Å². The van der Waals surface area contributed by atoms with Crippen LogP contribution < -0.4 is 0 Å². The molecule has 0 N–H and O–H groups in total. The van der Waals surface area contributed by atoms with Gasteiger partial charge < -0.3 is 9.32 Å². The van der Waals surface area contributed by atoms with Crippen LogP contribution in [-0.2, 0) is 16.9 Å². The number of fused-ring (bicyclic) bond motifs is 1. The van der Waals surface area contributed by atoms with Crippen LogP contribution in [-0.4, -0.2) is 47.1 Å². The van der Waals surface area contributed by atoms with Gasteiger partial charge in [0.1, 0.15) is 5.58 Å². The molecule has 2 aromatic heterocycles. The molecule has 8 heteroatoms. The first-order valence-electron chi connectivity index (χ1n) is 8.34. The molecule has 26 heavy (non-hydrogen) atoms. The first kappa shape index (κ1) is 16.8. The molecule has 0 spiro atoms. The second-order valence-corrected chi connectivity index (χ2v) is 8.86. The van der Waals surface area contributed by atoms with Crippen LogP contribution in [0.25, 0.3) is 11.0 Å². The van der Waals surface area contributed by atoms with Gasteiger partial charge in [-0.3, -0.25) is 9.48 Å². The summed E-state index contributed by atoms with van der Waals surface area (Å²) >= 11 is 0. The molecule has 1 atom stereocenters. The number of nitrogens with zero attached hydrogens (tertiary/aromatic N) is 3. The van der Waals surface area contributed by atoms with Gasteiger partial charge in [-0.2, -0.15) is 5.10 Å². The fourth-order valence-electron chi connectivity index (χ4n) is 3.45. The van der Waals surface area contributed by atoms with Crippen LogP contribution in [0.1, 0.15) is 27.7 Å². The van der Waals surface area contributed by atoms with Crippen LogP contribution in [0.5, 0.6) is 0 Å². The third-order valence-electron chi connectivity index (χ3n) is 4.84. The molecule has 136 valence electrons. The van der Waals surface area contributed by atoms with E-state index in [1.807, 2.05) is 31.2 Å². The van der Waals surface area contributed by atoms with Crippen molar-refractivity contribution < 1.29 is 17.6 Å². The largest absolute Gasteiger partial charge is 0.451 e. The van der Waals surface area contributed by atoms with Crippen LogP contribution in [0.3, 0.4) is 0 Å². The first-order valence-corrected chi connectivity index (χ1v) is 10.2. The zero-order valence-corrected chi connectivity index (χ0v) is 15.4. The standard InChI is InChI=1S/C18H19N3O4S/c1-12-14-5-3-4-6-16(14)25-17(12)18(22)21-7-8-26(23,24)11-15(21)13-9-19-20(2)10-13/h3-6,9-10,15H,7-8,11H2,1-2H3. The molecule has 1 aliphatic heterocycles. The SMILES string of the molecule is Cc1c(C(=O)N2CCS(=O)(=O)CC2c2cnn(C)c2)oc2ccccc12.